The molecule has 2 aliphatic rings. The van der Waals surface area contributed by atoms with E-state index >= 15 is 0 Å². The van der Waals surface area contributed by atoms with Crippen LogP contribution in [0.5, 0.6) is 0 Å². The van der Waals surface area contributed by atoms with Crippen LogP contribution < -0.4 is 5.32 Å². The van der Waals surface area contributed by atoms with Crippen LogP contribution in [-0.2, 0) is 14.3 Å². The number of hydrogen-bond acceptors (Lipinski definition) is 5. The van der Waals surface area contributed by atoms with Crippen molar-refractivity contribution in [1.82, 2.24) is 15.1 Å². The number of carbonyl (C=O) groups excluding carboxylic acids is 3. The summed E-state index contributed by atoms with van der Waals surface area (Å²) in [6, 6.07) is 10.6. The van der Waals surface area contributed by atoms with Crippen molar-refractivity contribution in [1.29, 1.82) is 0 Å². The van der Waals surface area contributed by atoms with Gasteiger partial charge >= 0.3 is 0 Å². The summed E-state index contributed by atoms with van der Waals surface area (Å²) in [7, 11) is 1.53. The minimum absolute atomic E-state index is 0.0118. The van der Waals surface area contributed by atoms with Crippen molar-refractivity contribution >= 4 is 17.7 Å². The first kappa shape index (κ1) is 24.7. The maximum absolute atomic E-state index is 14.2. The van der Waals surface area contributed by atoms with Gasteiger partial charge in [0.05, 0.1) is 18.8 Å². The van der Waals surface area contributed by atoms with E-state index in [9.17, 15) is 23.2 Å². The molecule has 1 spiro atoms. The Labute approximate surface area is 201 Å². The van der Waals surface area contributed by atoms with Gasteiger partial charge in [-0.2, -0.15) is 0 Å². The fourth-order valence-corrected chi connectivity index (χ4v) is 4.57. The maximum atomic E-state index is 14.2. The summed E-state index contributed by atoms with van der Waals surface area (Å²) < 4.78 is 38.5. The lowest BCUT2D eigenvalue weighted by Crippen LogP contribution is -2.60. The van der Waals surface area contributed by atoms with Gasteiger partial charge in [0.25, 0.3) is 11.8 Å². The van der Waals surface area contributed by atoms with Gasteiger partial charge in [-0.25, -0.2) is 8.78 Å². The van der Waals surface area contributed by atoms with Crippen molar-refractivity contribution in [2.24, 2.45) is 0 Å². The van der Waals surface area contributed by atoms with Crippen LogP contribution in [0, 0.1) is 11.6 Å². The lowest BCUT2D eigenvalue weighted by atomic mass is 9.96. The Morgan fingerprint density at radius 2 is 1.80 bits per heavy atom. The number of piperidine rings is 1. The molecule has 0 bridgehead atoms. The molecule has 0 aromatic heterocycles. The van der Waals surface area contributed by atoms with Crippen LogP contribution in [0.1, 0.15) is 33.6 Å². The molecule has 10 heteroatoms. The molecule has 1 N–H and O–H groups in total. The zero-order valence-electron chi connectivity index (χ0n) is 19.3. The second-order valence-corrected chi connectivity index (χ2v) is 8.51. The van der Waals surface area contributed by atoms with Gasteiger partial charge in [0, 0.05) is 51.2 Å². The van der Waals surface area contributed by atoms with Gasteiger partial charge < -0.3 is 19.7 Å². The first-order chi connectivity index (χ1) is 16.9. The van der Waals surface area contributed by atoms with Crippen molar-refractivity contribution in [2.75, 3.05) is 40.0 Å². The third kappa shape index (κ3) is 5.03. The monoisotopic (exact) mass is 487 g/mol. The molecule has 1 atom stereocenters. The molecule has 0 aliphatic carbocycles. The van der Waals surface area contributed by atoms with E-state index in [4.69, 9.17) is 9.47 Å². The van der Waals surface area contributed by atoms with Crippen LogP contribution in [-0.4, -0.2) is 79.2 Å². The smallest absolute Gasteiger partial charge is 0.256 e. The number of likely N-dealkylation sites (tertiary alicyclic amines) is 1. The molecule has 2 fully saturated rings. The van der Waals surface area contributed by atoms with Crippen LogP contribution in [0.4, 0.5) is 8.78 Å². The second kappa shape index (κ2) is 10.5. The maximum Gasteiger partial charge on any atom is 0.256 e. The fourth-order valence-electron chi connectivity index (χ4n) is 4.57. The molecular weight excluding hydrogens is 460 g/mol. The lowest BCUT2D eigenvalue weighted by Gasteiger charge is -2.44. The predicted octanol–water partition coefficient (Wildman–Crippen LogP) is 2.20. The summed E-state index contributed by atoms with van der Waals surface area (Å²) in [6.07, 6.45) is 0.476. The Kier molecular flexibility index (Phi) is 7.42. The number of amides is 3. The second-order valence-electron chi connectivity index (χ2n) is 8.51. The molecule has 2 aromatic rings. The Morgan fingerprint density at radius 1 is 1.09 bits per heavy atom. The number of nitrogens with zero attached hydrogens (tertiary/aromatic N) is 2. The molecule has 2 saturated heterocycles. The first-order valence-corrected chi connectivity index (χ1v) is 11.4. The number of benzene rings is 2. The van der Waals surface area contributed by atoms with Crippen molar-refractivity contribution < 1.29 is 32.6 Å². The number of methoxy groups -OCH3 is 1. The molecule has 0 saturated carbocycles. The zero-order chi connectivity index (χ0) is 25.0. The van der Waals surface area contributed by atoms with Crippen LogP contribution in [0.25, 0.3) is 0 Å². The lowest BCUT2D eigenvalue weighted by molar-refractivity contribution is -0.128. The van der Waals surface area contributed by atoms with E-state index in [-0.39, 0.29) is 56.5 Å². The number of hydrogen-bond donors (Lipinski definition) is 1. The molecule has 2 aromatic carbocycles. The highest BCUT2D eigenvalue weighted by molar-refractivity contribution is 5.98. The van der Waals surface area contributed by atoms with E-state index in [0.717, 1.165) is 12.1 Å². The highest BCUT2D eigenvalue weighted by atomic mass is 19.1. The van der Waals surface area contributed by atoms with Crippen molar-refractivity contribution in [3.05, 3.63) is 71.3 Å². The topological polar surface area (TPSA) is 88.2 Å². The Hall–Kier alpha value is -3.37. The molecule has 2 heterocycles. The quantitative estimate of drug-likeness (QED) is 0.632. The molecule has 0 unspecified atom stereocenters. The van der Waals surface area contributed by atoms with Gasteiger partial charge in [-0.3, -0.25) is 19.3 Å². The standard InChI is InChI=1S/C25H27F2N3O5/c1-34-14-11-28-22(31)21-16-35-25(30(21)23(32)17-5-3-2-4-6-17)9-12-29(13-10-25)24(33)19-8-7-18(26)15-20(19)27/h2-8,15,21H,9-14,16H2,1H3,(H,28,31)/t21-/m0/s1. The van der Waals surface area contributed by atoms with E-state index in [0.29, 0.717) is 18.2 Å². The van der Waals surface area contributed by atoms with Gasteiger partial charge in [-0.1, -0.05) is 18.2 Å². The van der Waals surface area contributed by atoms with E-state index < -0.39 is 29.3 Å². The Morgan fingerprint density at radius 3 is 2.46 bits per heavy atom. The van der Waals surface area contributed by atoms with E-state index in [1.54, 1.807) is 30.3 Å². The number of ether oxygens (including phenoxy) is 2. The Bertz CT molecular complexity index is 1090. The van der Waals surface area contributed by atoms with E-state index in [1.165, 1.54) is 16.9 Å². The highest BCUT2D eigenvalue weighted by Crippen LogP contribution is 2.39. The number of carbonyl (C=O) groups is 3. The predicted molar refractivity (Wildman–Crippen MR) is 121 cm³/mol. The van der Waals surface area contributed by atoms with Crippen LogP contribution in [0.3, 0.4) is 0 Å². The molecule has 4 rings (SSSR count). The molecule has 0 radical (unpaired) electrons. The van der Waals surface area contributed by atoms with E-state index in [2.05, 4.69) is 5.32 Å². The third-order valence-electron chi connectivity index (χ3n) is 6.40. The zero-order valence-corrected chi connectivity index (χ0v) is 19.3. The highest BCUT2D eigenvalue weighted by Gasteiger charge is 2.54. The van der Waals surface area contributed by atoms with Gasteiger partial charge in [-0.15, -0.1) is 0 Å². The summed E-state index contributed by atoms with van der Waals surface area (Å²) >= 11 is 0. The van der Waals surface area contributed by atoms with Gasteiger partial charge in [0.2, 0.25) is 5.91 Å². The molecule has 8 nitrogen and oxygen atoms in total. The minimum atomic E-state index is -1.09. The summed E-state index contributed by atoms with van der Waals surface area (Å²) in [5.74, 6) is -2.96. The molecular formula is C25H27F2N3O5. The average molecular weight is 488 g/mol. The number of rotatable bonds is 6. The number of halogens is 2. The van der Waals surface area contributed by atoms with Gasteiger partial charge in [0.1, 0.15) is 23.4 Å². The van der Waals surface area contributed by atoms with Gasteiger partial charge in [-0.05, 0) is 24.3 Å². The molecule has 3 amide bonds. The SMILES string of the molecule is COCCNC(=O)[C@@H]1COC2(CCN(C(=O)c3ccc(F)cc3F)CC2)N1C(=O)c1ccccc1. The Balaban J connectivity index is 1.54. The first-order valence-electron chi connectivity index (χ1n) is 11.4. The van der Waals surface area contributed by atoms with Gasteiger partial charge in [0.15, 0.2) is 0 Å². The third-order valence-corrected chi connectivity index (χ3v) is 6.40. The average Bonchev–Trinajstić information content (AvgIpc) is 3.23. The minimum Gasteiger partial charge on any atom is -0.383 e. The van der Waals surface area contributed by atoms with E-state index in [1.807, 2.05) is 0 Å². The summed E-state index contributed by atoms with van der Waals surface area (Å²) in [5.41, 5.74) is -0.893. The fraction of sp³-hybridized carbons (Fsp3) is 0.400. The molecule has 35 heavy (non-hydrogen) atoms. The summed E-state index contributed by atoms with van der Waals surface area (Å²) in [5, 5.41) is 2.77. The van der Waals surface area contributed by atoms with Crippen molar-refractivity contribution in [2.45, 2.75) is 24.6 Å². The molecule has 2 aliphatic heterocycles. The molecule has 186 valence electrons. The van der Waals surface area contributed by atoms with Crippen LogP contribution in [0.15, 0.2) is 48.5 Å². The number of nitrogens with one attached hydrogen (secondary N) is 1. The summed E-state index contributed by atoms with van der Waals surface area (Å²) in [4.78, 5) is 42.3. The van der Waals surface area contributed by atoms with Crippen molar-refractivity contribution in [3.8, 4) is 0 Å². The van der Waals surface area contributed by atoms with Crippen LogP contribution >= 0.6 is 0 Å². The summed E-state index contributed by atoms with van der Waals surface area (Å²) in [6.45, 7) is 0.974. The van der Waals surface area contributed by atoms with Crippen LogP contribution in [0.2, 0.25) is 0 Å². The largest absolute Gasteiger partial charge is 0.383 e. The normalized spacial score (nSPS) is 19.1. The van der Waals surface area contributed by atoms with Crippen molar-refractivity contribution in [3.63, 3.8) is 0 Å².